The van der Waals surface area contributed by atoms with E-state index in [1.807, 2.05) is 11.8 Å². The molecule has 2 rings (SSSR count). The van der Waals surface area contributed by atoms with Crippen molar-refractivity contribution in [3.63, 3.8) is 0 Å². The highest BCUT2D eigenvalue weighted by atomic mass is 79.9. The summed E-state index contributed by atoms with van der Waals surface area (Å²) in [4.78, 5) is 0. The van der Waals surface area contributed by atoms with Crippen LogP contribution in [0.1, 0.15) is 12.0 Å². The van der Waals surface area contributed by atoms with E-state index in [1.54, 1.807) is 0 Å². The van der Waals surface area contributed by atoms with E-state index in [0.717, 1.165) is 8.95 Å². The van der Waals surface area contributed by atoms with Crippen LogP contribution in [0.15, 0.2) is 21.1 Å². The first-order valence-corrected chi connectivity index (χ1v) is 7.71. The number of hydrogen-bond acceptors (Lipinski definition) is 2. The number of nitrogens with one attached hydrogen (secondary N) is 1. The largest absolute Gasteiger partial charge is 0.380 e. The van der Waals surface area contributed by atoms with Crippen molar-refractivity contribution in [1.29, 1.82) is 0 Å². The molecule has 1 aromatic carbocycles. The van der Waals surface area contributed by atoms with Gasteiger partial charge >= 0.3 is 0 Å². The van der Waals surface area contributed by atoms with E-state index in [4.69, 9.17) is 0 Å². The van der Waals surface area contributed by atoms with Crippen LogP contribution in [0.3, 0.4) is 0 Å². The standard InChI is InChI=1S/C11H13Br2NS/c1-7-4-9(12)11(10(13)5-7)14-8-2-3-15-6-8/h4-5,8,14H,2-3,6H2,1H3. The van der Waals surface area contributed by atoms with Crippen molar-refractivity contribution in [2.75, 3.05) is 16.8 Å². The molecule has 0 bridgehead atoms. The zero-order valence-electron chi connectivity index (χ0n) is 8.52. The molecule has 15 heavy (non-hydrogen) atoms. The molecule has 0 aliphatic carbocycles. The Morgan fingerprint density at radius 3 is 2.53 bits per heavy atom. The van der Waals surface area contributed by atoms with Crippen LogP contribution in [0.4, 0.5) is 5.69 Å². The maximum absolute atomic E-state index is 3.61. The third kappa shape index (κ3) is 2.92. The van der Waals surface area contributed by atoms with E-state index >= 15 is 0 Å². The van der Waals surface area contributed by atoms with E-state index in [-0.39, 0.29) is 0 Å². The van der Waals surface area contributed by atoms with Gasteiger partial charge in [-0.15, -0.1) is 0 Å². The number of benzene rings is 1. The van der Waals surface area contributed by atoms with Gasteiger partial charge < -0.3 is 5.32 Å². The molecule has 1 heterocycles. The molecule has 1 saturated heterocycles. The van der Waals surface area contributed by atoms with Crippen molar-refractivity contribution in [2.45, 2.75) is 19.4 Å². The first-order valence-electron chi connectivity index (χ1n) is 4.97. The number of aryl methyl sites for hydroxylation is 1. The maximum Gasteiger partial charge on any atom is 0.0631 e. The summed E-state index contributed by atoms with van der Waals surface area (Å²) < 4.78 is 2.29. The second-order valence-electron chi connectivity index (χ2n) is 3.81. The van der Waals surface area contributed by atoms with Crippen LogP contribution in [0.2, 0.25) is 0 Å². The molecule has 1 nitrogen and oxygen atoms in total. The molecular weight excluding hydrogens is 338 g/mol. The Morgan fingerprint density at radius 2 is 2.00 bits per heavy atom. The molecule has 1 aliphatic heterocycles. The van der Waals surface area contributed by atoms with Gasteiger partial charge in [0.15, 0.2) is 0 Å². The third-order valence-electron chi connectivity index (χ3n) is 2.46. The first-order chi connectivity index (χ1) is 7.16. The Labute approximate surface area is 112 Å². The minimum atomic E-state index is 0.616. The van der Waals surface area contributed by atoms with Crippen LogP contribution >= 0.6 is 43.6 Å². The van der Waals surface area contributed by atoms with Gasteiger partial charge in [-0.3, -0.25) is 0 Å². The molecule has 82 valence electrons. The monoisotopic (exact) mass is 349 g/mol. The van der Waals surface area contributed by atoms with Crippen molar-refractivity contribution in [3.8, 4) is 0 Å². The van der Waals surface area contributed by atoms with E-state index in [1.165, 1.54) is 29.2 Å². The van der Waals surface area contributed by atoms with Gasteiger partial charge in [-0.2, -0.15) is 11.8 Å². The van der Waals surface area contributed by atoms with Crippen LogP contribution < -0.4 is 5.32 Å². The van der Waals surface area contributed by atoms with Gasteiger partial charge in [-0.05, 0) is 68.7 Å². The lowest BCUT2D eigenvalue weighted by atomic mass is 10.2. The van der Waals surface area contributed by atoms with Gasteiger partial charge in [-0.25, -0.2) is 0 Å². The van der Waals surface area contributed by atoms with Crippen LogP contribution in [0.5, 0.6) is 0 Å². The average Bonchev–Trinajstić information content (AvgIpc) is 2.63. The Hall–Kier alpha value is 0.330. The van der Waals surface area contributed by atoms with Crippen molar-refractivity contribution in [2.24, 2.45) is 0 Å². The molecule has 1 unspecified atom stereocenters. The summed E-state index contributed by atoms with van der Waals surface area (Å²) >= 11 is 9.23. The molecule has 1 fully saturated rings. The number of halogens is 2. The lowest BCUT2D eigenvalue weighted by molar-refractivity contribution is 0.811. The maximum atomic E-state index is 3.61. The van der Waals surface area contributed by atoms with Gasteiger partial charge in [-0.1, -0.05) is 0 Å². The smallest absolute Gasteiger partial charge is 0.0631 e. The van der Waals surface area contributed by atoms with Crippen LogP contribution in [0.25, 0.3) is 0 Å². The normalized spacial score (nSPS) is 20.6. The van der Waals surface area contributed by atoms with Crippen molar-refractivity contribution in [1.82, 2.24) is 0 Å². The molecular formula is C11H13Br2NS. The van der Waals surface area contributed by atoms with Gasteiger partial charge in [0.25, 0.3) is 0 Å². The number of anilines is 1. The Balaban J connectivity index is 2.19. The minimum Gasteiger partial charge on any atom is -0.380 e. The van der Waals surface area contributed by atoms with E-state index in [9.17, 15) is 0 Å². The van der Waals surface area contributed by atoms with E-state index in [2.05, 4.69) is 56.2 Å². The summed E-state index contributed by atoms with van der Waals surface area (Å²) in [6.45, 7) is 2.10. The highest BCUT2D eigenvalue weighted by Crippen LogP contribution is 2.34. The van der Waals surface area contributed by atoms with E-state index in [0.29, 0.717) is 6.04 Å². The number of thioether (sulfide) groups is 1. The van der Waals surface area contributed by atoms with Crippen LogP contribution in [-0.4, -0.2) is 17.5 Å². The zero-order chi connectivity index (χ0) is 10.8. The molecule has 0 radical (unpaired) electrons. The topological polar surface area (TPSA) is 12.0 Å². The van der Waals surface area contributed by atoms with Crippen LogP contribution in [0, 0.1) is 6.92 Å². The third-order valence-corrected chi connectivity index (χ3v) is 4.88. The predicted molar refractivity (Wildman–Crippen MR) is 75.9 cm³/mol. The molecule has 1 aliphatic rings. The molecule has 0 aromatic heterocycles. The summed E-state index contributed by atoms with van der Waals surface area (Å²) in [5.41, 5.74) is 2.45. The Kier molecular flexibility index (Phi) is 4.02. The fraction of sp³-hybridized carbons (Fsp3) is 0.455. The lowest BCUT2D eigenvalue weighted by Gasteiger charge is -2.16. The van der Waals surface area contributed by atoms with Gasteiger partial charge in [0.1, 0.15) is 0 Å². The fourth-order valence-electron chi connectivity index (χ4n) is 1.69. The molecule has 1 aromatic rings. The Bertz CT molecular complexity index is 339. The molecule has 1 N–H and O–H groups in total. The van der Waals surface area contributed by atoms with Crippen molar-refractivity contribution >= 4 is 49.3 Å². The minimum absolute atomic E-state index is 0.616. The average molecular weight is 351 g/mol. The lowest BCUT2D eigenvalue weighted by Crippen LogP contribution is -2.18. The summed E-state index contributed by atoms with van der Waals surface area (Å²) in [6, 6.07) is 4.91. The quantitative estimate of drug-likeness (QED) is 0.846. The number of hydrogen-bond donors (Lipinski definition) is 1. The SMILES string of the molecule is Cc1cc(Br)c(NC2CCSC2)c(Br)c1. The molecule has 0 amide bonds. The summed E-state index contributed by atoms with van der Waals surface area (Å²) in [7, 11) is 0. The second-order valence-corrected chi connectivity index (χ2v) is 6.67. The van der Waals surface area contributed by atoms with Crippen molar-refractivity contribution in [3.05, 3.63) is 26.6 Å². The zero-order valence-corrected chi connectivity index (χ0v) is 12.5. The highest BCUT2D eigenvalue weighted by Gasteiger charge is 2.17. The highest BCUT2D eigenvalue weighted by molar-refractivity contribution is 9.11. The molecule has 1 atom stereocenters. The predicted octanol–water partition coefficient (Wildman–Crippen LogP) is 4.44. The Morgan fingerprint density at radius 1 is 1.33 bits per heavy atom. The van der Waals surface area contributed by atoms with E-state index < -0.39 is 0 Å². The molecule has 0 saturated carbocycles. The van der Waals surface area contributed by atoms with Crippen LogP contribution in [-0.2, 0) is 0 Å². The summed E-state index contributed by atoms with van der Waals surface area (Å²) in [5, 5.41) is 3.59. The van der Waals surface area contributed by atoms with Gasteiger partial charge in [0, 0.05) is 20.7 Å². The second kappa shape index (κ2) is 5.11. The van der Waals surface area contributed by atoms with Gasteiger partial charge in [0.05, 0.1) is 5.69 Å². The number of rotatable bonds is 2. The fourth-order valence-corrected chi connectivity index (χ4v) is 4.49. The van der Waals surface area contributed by atoms with Gasteiger partial charge in [0.2, 0.25) is 0 Å². The molecule has 4 heteroatoms. The summed E-state index contributed by atoms with van der Waals surface area (Å²) in [6.07, 6.45) is 1.26. The molecule has 0 spiro atoms. The van der Waals surface area contributed by atoms with Crippen molar-refractivity contribution < 1.29 is 0 Å². The summed E-state index contributed by atoms with van der Waals surface area (Å²) in [5.74, 6) is 2.49. The first kappa shape index (κ1) is 11.8.